The highest BCUT2D eigenvalue weighted by atomic mass is 32.2. The SMILES string of the molecule is CC1CCC2(CC1)CSC(=NC1CCS(=O)CC1)N2. The number of thioether (sulfide) groups is 1. The molecular weight excluding hydrogens is 276 g/mol. The molecule has 0 atom stereocenters. The van der Waals surface area contributed by atoms with E-state index in [0.29, 0.717) is 11.6 Å². The summed E-state index contributed by atoms with van der Waals surface area (Å²) in [6.07, 6.45) is 7.31. The van der Waals surface area contributed by atoms with E-state index < -0.39 is 10.8 Å². The predicted octanol–water partition coefficient (Wildman–Crippen LogP) is 2.54. The van der Waals surface area contributed by atoms with E-state index in [1.807, 2.05) is 11.8 Å². The molecule has 0 amide bonds. The van der Waals surface area contributed by atoms with Gasteiger partial charge in [0.15, 0.2) is 5.17 Å². The van der Waals surface area contributed by atoms with E-state index in [-0.39, 0.29) is 0 Å². The van der Waals surface area contributed by atoms with Crippen molar-refractivity contribution in [1.82, 2.24) is 5.32 Å². The summed E-state index contributed by atoms with van der Waals surface area (Å²) in [5, 5.41) is 4.88. The van der Waals surface area contributed by atoms with E-state index in [9.17, 15) is 4.21 Å². The second-order valence-electron chi connectivity index (χ2n) is 6.39. The van der Waals surface area contributed by atoms with Crippen molar-refractivity contribution < 1.29 is 4.21 Å². The molecule has 19 heavy (non-hydrogen) atoms. The normalized spacial score (nSPS) is 45.5. The van der Waals surface area contributed by atoms with Crippen LogP contribution in [0.4, 0.5) is 0 Å². The molecule has 3 nitrogen and oxygen atoms in total. The van der Waals surface area contributed by atoms with Crippen molar-refractivity contribution >= 4 is 27.7 Å². The fraction of sp³-hybridized carbons (Fsp3) is 0.929. The lowest BCUT2D eigenvalue weighted by molar-refractivity contribution is 0.250. The van der Waals surface area contributed by atoms with Gasteiger partial charge < -0.3 is 5.32 Å². The predicted molar refractivity (Wildman–Crippen MR) is 84.3 cm³/mol. The topological polar surface area (TPSA) is 41.5 Å². The van der Waals surface area contributed by atoms with E-state index in [2.05, 4.69) is 12.2 Å². The van der Waals surface area contributed by atoms with Crippen LogP contribution in [0.25, 0.3) is 0 Å². The maximum Gasteiger partial charge on any atom is 0.157 e. The summed E-state index contributed by atoms with van der Waals surface area (Å²) in [4.78, 5) is 4.87. The first-order chi connectivity index (χ1) is 9.15. The van der Waals surface area contributed by atoms with Crippen LogP contribution in [0.1, 0.15) is 45.4 Å². The van der Waals surface area contributed by atoms with E-state index in [1.165, 1.54) is 31.4 Å². The zero-order chi connectivity index (χ0) is 13.3. The van der Waals surface area contributed by atoms with Crippen LogP contribution in [-0.4, -0.2) is 38.2 Å². The molecule has 2 saturated heterocycles. The molecule has 2 aliphatic heterocycles. The largest absolute Gasteiger partial charge is 0.359 e. The van der Waals surface area contributed by atoms with Crippen molar-refractivity contribution in [3.63, 3.8) is 0 Å². The van der Waals surface area contributed by atoms with Gasteiger partial charge in [-0.2, -0.15) is 0 Å². The van der Waals surface area contributed by atoms with Gasteiger partial charge >= 0.3 is 0 Å². The summed E-state index contributed by atoms with van der Waals surface area (Å²) >= 11 is 1.91. The molecule has 0 bridgehead atoms. The lowest BCUT2D eigenvalue weighted by Crippen LogP contribution is -2.46. The molecule has 1 aliphatic carbocycles. The lowest BCUT2D eigenvalue weighted by atomic mass is 9.78. The molecule has 1 saturated carbocycles. The molecule has 3 fully saturated rings. The Morgan fingerprint density at radius 2 is 1.95 bits per heavy atom. The summed E-state index contributed by atoms with van der Waals surface area (Å²) < 4.78 is 11.4. The number of hydrogen-bond acceptors (Lipinski definition) is 3. The van der Waals surface area contributed by atoms with E-state index in [4.69, 9.17) is 4.99 Å². The zero-order valence-electron chi connectivity index (χ0n) is 11.7. The highest BCUT2D eigenvalue weighted by Gasteiger charge is 2.39. The first-order valence-corrected chi connectivity index (χ1v) is 9.96. The number of hydrogen-bond donors (Lipinski definition) is 1. The standard InChI is InChI=1S/C14H24N2OS2/c1-11-2-6-14(7-3-11)10-18-13(16-14)15-12-4-8-19(17)9-5-12/h11-12H,2-10H2,1H3,(H,15,16). The summed E-state index contributed by atoms with van der Waals surface area (Å²) in [7, 11) is -0.575. The van der Waals surface area contributed by atoms with Gasteiger partial charge in [-0.1, -0.05) is 18.7 Å². The minimum Gasteiger partial charge on any atom is -0.359 e. The van der Waals surface area contributed by atoms with Crippen molar-refractivity contribution in [3.05, 3.63) is 0 Å². The average molecular weight is 300 g/mol. The van der Waals surface area contributed by atoms with E-state index in [0.717, 1.165) is 35.4 Å². The molecular formula is C14H24N2OS2. The second kappa shape index (κ2) is 5.76. The molecule has 0 aromatic rings. The van der Waals surface area contributed by atoms with Crippen molar-refractivity contribution in [1.29, 1.82) is 0 Å². The Labute approximate surface area is 122 Å². The first kappa shape index (κ1) is 13.9. The second-order valence-corrected chi connectivity index (χ2v) is 9.05. The Hall–Kier alpha value is -0.0300. The quantitative estimate of drug-likeness (QED) is 0.809. The van der Waals surface area contributed by atoms with Crippen molar-refractivity contribution in [3.8, 4) is 0 Å². The molecule has 1 N–H and O–H groups in total. The molecule has 1 spiro atoms. The highest BCUT2D eigenvalue weighted by molar-refractivity contribution is 8.14. The molecule has 0 aromatic carbocycles. The molecule has 3 aliphatic rings. The third kappa shape index (κ3) is 3.35. The molecule has 5 heteroatoms. The minimum atomic E-state index is -0.575. The summed E-state index contributed by atoms with van der Waals surface area (Å²) in [5.74, 6) is 3.77. The molecule has 0 radical (unpaired) electrons. The Bertz CT molecular complexity index is 379. The van der Waals surface area contributed by atoms with E-state index >= 15 is 0 Å². The molecule has 2 heterocycles. The van der Waals surface area contributed by atoms with E-state index in [1.54, 1.807) is 0 Å². The van der Waals surface area contributed by atoms with Gasteiger partial charge in [0.2, 0.25) is 0 Å². The van der Waals surface area contributed by atoms with Crippen LogP contribution in [0.15, 0.2) is 4.99 Å². The third-order valence-electron chi connectivity index (χ3n) is 4.75. The Morgan fingerprint density at radius 3 is 2.63 bits per heavy atom. The van der Waals surface area contributed by atoms with Crippen molar-refractivity contribution in [2.24, 2.45) is 10.9 Å². The lowest BCUT2D eigenvalue weighted by Gasteiger charge is -2.35. The van der Waals surface area contributed by atoms with Gasteiger partial charge in [0.05, 0.1) is 6.04 Å². The highest BCUT2D eigenvalue weighted by Crippen LogP contribution is 2.38. The van der Waals surface area contributed by atoms with Crippen LogP contribution in [0.3, 0.4) is 0 Å². The number of nitrogens with zero attached hydrogens (tertiary/aromatic N) is 1. The van der Waals surface area contributed by atoms with Gasteiger partial charge in [0.1, 0.15) is 0 Å². The monoisotopic (exact) mass is 300 g/mol. The van der Waals surface area contributed by atoms with Gasteiger partial charge in [0, 0.05) is 33.6 Å². The minimum absolute atomic E-state index is 0.341. The van der Waals surface area contributed by atoms with Crippen LogP contribution >= 0.6 is 11.8 Å². The fourth-order valence-corrected chi connectivity index (χ4v) is 5.80. The van der Waals surface area contributed by atoms with Crippen LogP contribution in [0, 0.1) is 5.92 Å². The summed E-state index contributed by atoms with van der Waals surface area (Å²) in [5.41, 5.74) is 0.341. The van der Waals surface area contributed by atoms with Crippen molar-refractivity contribution in [2.45, 2.75) is 57.0 Å². The maximum absolute atomic E-state index is 11.4. The first-order valence-electron chi connectivity index (χ1n) is 7.49. The molecule has 108 valence electrons. The van der Waals surface area contributed by atoms with Gasteiger partial charge in [-0.25, -0.2) is 0 Å². The van der Waals surface area contributed by atoms with Crippen LogP contribution in [-0.2, 0) is 10.8 Å². The van der Waals surface area contributed by atoms with Gasteiger partial charge in [-0.05, 0) is 44.4 Å². The van der Waals surface area contributed by atoms with Crippen LogP contribution in [0.5, 0.6) is 0 Å². The Morgan fingerprint density at radius 1 is 1.26 bits per heavy atom. The smallest absolute Gasteiger partial charge is 0.157 e. The fourth-order valence-electron chi connectivity index (χ4n) is 3.24. The zero-order valence-corrected chi connectivity index (χ0v) is 13.3. The van der Waals surface area contributed by atoms with Crippen LogP contribution < -0.4 is 5.32 Å². The number of amidine groups is 1. The molecule has 0 aromatic heterocycles. The maximum atomic E-state index is 11.4. The number of rotatable bonds is 1. The number of aliphatic imine (C=N–C) groups is 1. The summed E-state index contributed by atoms with van der Waals surface area (Å²) in [6, 6.07) is 0.408. The van der Waals surface area contributed by atoms with Gasteiger partial charge in [-0.15, -0.1) is 0 Å². The Balaban J connectivity index is 1.58. The average Bonchev–Trinajstić information content (AvgIpc) is 2.80. The van der Waals surface area contributed by atoms with Gasteiger partial charge in [-0.3, -0.25) is 9.20 Å². The summed E-state index contributed by atoms with van der Waals surface area (Å²) in [6.45, 7) is 2.37. The molecule has 3 rings (SSSR count). The third-order valence-corrected chi connectivity index (χ3v) is 7.31. The van der Waals surface area contributed by atoms with Crippen molar-refractivity contribution in [2.75, 3.05) is 17.3 Å². The van der Waals surface area contributed by atoms with Gasteiger partial charge in [0.25, 0.3) is 0 Å². The Kier molecular flexibility index (Phi) is 4.22. The number of nitrogens with one attached hydrogen (secondary N) is 1. The van der Waals surface area contributed by atoms with Crippen LogP contribution in [0.2, 0.25) is 0 Å². The molecule has 0 unspecified atom stereocenters.